The average molecular weight is 1810 g/mol. The molecule has 30 rings (SSSR count). The van der Waals surface area contributed by atoms with Crippen molar-refractivity contribution in [2.75, 3.05) is 0 Å². The number of benzene rings is 21. The molecule has 0 unspecified atom stereocenters. The molecular weight excluding hydrogens is 1720 g/mol. The van der Waals surface area contributed by atoms with Crippen LogP contribution in [0.3, 0.4) is 0 Å². The number of fused-ring (bicyclic) bond motifs is 24. The molecule has 1 aliphatic rings. The predicted octanol–water partition coefficient (Wildman–Crippen LogP) is 34.2. The second-order valence-electron chi connectivity index (χ2n) is 37.3. The van der Waals surface area contributed by atoms with Gasteiger partial charge < -0.3 is 18.1 Å². The zero-order valence-electron chi connectivity index (χ0n) is 76.1. The van der Waals surface area contributed by atoms with E-state index in [0.717, 1.165) is 93.5 Å². The molecule has 11 heteroatoms. The fourth-order valence-corrected chi connectivity index (χ4v) is 24.0. The molecule has 0 N–H and O–H groups in total. The van der Waals surface area contributed by atoms with Crippen molar-refractivity contribution in [2.24, 2.45) is 0 Å². The van der Waals surface area contributed by atoms with Crippen molar-refractivity contribution in [3.63, 3.8) is 0 Å². The number of hydrogen-bond acceptors (Lipinski definition) is 8. The Balaban J connectivity index is 0.000000103. The summed E-state index contributed by atoms with van der Waals surface area (Å²) in [5.41, 5.74) is 31.5. The molecule has 10 nitrogen and oxygen atoms in total. The van der Waals surface area contributed by atoms with Gasteiger partial charge in [0.25, 0.3) is 0 Å². The van der Waals surface area contributed by atoms with E-state index in [9.17, 15) is 0 Å². The third-order valence-corrected chi connectivity index (χ3v) is 30.6. The van der Waals surface area contributed by atoms with Gasteiger partial charge in [0.1, 0.15) is 11.2 Å². The number of hydrogen-bond donors (Lipinski definition) is 0. The summed E-state index contributed by atoms with van der Waals surface area (Å²) in [4.78, 5) is 0. The molecule has 0 fully saturated rings. The lowest BCUT2D eigenvalue weighted by Gasteiger charge is -2.22. The molecule has 8 heterocycles. The summed E-state index contributed by atoms with van der Waals surface area (Å²) in [5.74, 6) is 0. The van der Waals surface area contributed by atoms with Gasteiger partial charge in [-0.2, -0.15) is 30.6 Å². The Morgan fingerprint density at radius 3 is 1.04 bits per heavy atom. The van der Waals surface area contributed by atoms with E-state index in [4.69, 9.17) is 4.42 Å². The second kappa shape index (κ2) is 32.0. The summed E-state index contributed by atoms with van der Waals surface area (Å²) in [6.07, 6.45) is 11.5. The van der Waals surface area contributed by atoms with Crippen LogP contribution < -0.4 is 0 Å². The SMILES string of the molecule is CC1(C)c2ccccc2-c2c(-c3ccc(-n4c5ccc(-c6ccccc6)cc5c5cc6ccccc6cc54)c4cnncc34)cccc21.c1ccc(-c2ccc3c(c2)c2cc4ccccc4cc2n3-c2ccc(-c3cccc4c3oc3ccccc34)c3cnncc23)cc1.c1ccc(-c2ccc3c(c2)c2cc4ccccc4cc2n3-c2ccc(-c3cccc4c3sc3ccccc34)c3cnncc23)cc1. The first-order valence-electron chi connectivity index (χ1n) is 47.5. The van der Waals surface area contributed by atoms with E-state index in [1.165, 1.54) is 185 Å². The Bertz CT molecular complexity index is 9830. The molecule has 0 radical (unpaired) electrons. The highest BCUT2D eigenvalue weighted by Crippen LogP contribution is 2.55. The average Bonchev–Trinajstić information content (AvgIpc) is 1.53. The van der Waals surface area contributed by atoms with Gasteiger partial charge in [-0.25, -0.2) is 0 Å². The van der Waals surface area contributed by atoms with Crippen LogP contribution >= 0.6 is 11.3 Å². The van der Waals surface area contributed by atoms with E-state index in [1.807, 2.05) is 60.7 Å². The summed E-state index contributed by atoms with van der Waals surface area (Å²) >= 11 is 1.86. The minimum absolute atomic E-state index is 0.0676. The van der Waals surface area contributed by atoms with Crippen LogP contribution in [0.4, 0.5) is 0 Å². The standard InChI is InChI=1S/C45H31N3.C42H25N3O.C42H25N3S/c1-45(2)39-17-9-8-15-34(39)44-33(16-10-18-40(44)45)32-20-22-42(38-27-47-46-26-37(32)38)48-41-21-19-31(28-11-4-3-5-12-28)24-35(41)36-23-29-13-6-7-14-30(29)25-43(36)48;2*1-2-9-26(10-3-1)29-17-19-38-34(22-29)35-21-27-11-4-5-12-28(27)23-40(35)45(38)39-20-18-30(36-24-43-44-25-37(36)39)32-14-8-15-33-31-13-6-7-16-41(31)46-42(32)33/h3-27H,1-2H3;2*1-25H. The molecule has 0 bridgehead atoms. The van der Waals surface area contributed by atoms with Crippen LogP contribution in [0.2, 0.25) is 0 Å². The highest BCUT2D eigenvalue weighted by molar-refractivity contribution is 7.26. The molecule has 0 saturated heterocycles. The maximum atomic E-state index is 6.45. The number of nitrogens with zero attached hydrogens (tertiary/aromatic N) is 9. The first-order valence-corrected chi connectivity index (χ1v) is 48.4. The van der Waals surface area contributed by atoms with Crippen molar-refractivity contribution in [3.05, 3.63) is 467 Å². The van der Waals surface area contributed by atoms with Crippen molar-refractivity contribution < 1.29 is 4.42 Å². The molecule has 140 heavy (non-hydrogen) atoms. The molecule has 0 spiro atoms. The number of aromatic nitrogens is 9. The zero-order chi connectivity index (χ0) is 92.4. The van der Waals surface area contributed by atoms with Gasteiger partial charge in [-0.15, -0.1) is 11.3 Å². The maximum Gasteiger partial charge on any atom is 0.143 e. The summed E-state index contributed by atoms with van der Waals surface area (Å²) in [7, 11) is 0. The van der Waals surface area contributed by atoms with Gasteiger partial charge in [-0.1, -0.05) is 329 Å². The van der Waals surface area contributed by atoms with Crippen molar-refractivity contribution in [2.45, 2.75) is 19.3 Å². The normalized spacial score (nSPS) is 12.4. The Labute approximate surface area is 807 Å². The second-order valence-corrected chi connectivity index (χ2v) is 38.3. The molecule has 0 aliphatic heterocycles. The largest absolute Gasteiger partial charge is 0.455 e. The predicted molar refractivity (Wildman–Crippen MR) is 584 cm³/mol. The molecule has 0 amide bonds. The third-order valence-electron chi connectivity index (χ3n) is 29.3. The van der Waals surface area contributed by atoms with Gasteiger partial charge >= 0.3 is 0 Å². The first kappa shape index (κ1) is 80.3. The minimum Gasteiger partial charge on any atom is -0.455 e. The molecule has 654 valence electrons. The van der Waals surface area contributed by atoms with Crippen LogP contribution in [-0.2, 0) is 5.41 Å². The maximum absolute atomic E-state index is 6.45. The third kappa shape index (κ3) is 12.7. The van der Waals surface area contributed by atoms with Gasteiger partial charge in [0.05, 0.1) is 87.3 Å². The highest BCUT2D eigenvalue weighted by atomic mass is 32.1. The van der Waals surface area contributed by atoms with Crippen LogP contribution in [0.25, 0.3) is 267 Å². The van der Waals surface area contributed by atoms with Crippen LogP contribution in [0, 0.1) is 0 Å². The zero-order valence-corrected chi connectivity index (χ0v) is 77.0. The summed E-state index contributed by atoms with van der Waals surface area (Å²) in [5, 5.41) is 52.4. The van der Waals surface area contributed by atoms with Crippen molar-refractivity contribution in [3.8, 4) is 95.0 Å². The van der Waals surface area contributed by atoms with Gasteiger partial charge in [-0.05, 0) is 213 Å². The molecule has 29 aromatic rings. The van der Waals surface area contributed by atoms with Crippen LogP contribution in [-0.4, -0.2) is 44.3 Å². The van der Waals surface area contributed by atoms with Gasteiger partial charge in [0.2, 0.25) is 0 Å². The minimum atomic E-state index is -0.0676. The van der Waals surface area contributed by atoms with E-state index >= 15 is 0 Å². The topological polar surface area (TPSA) is 105 Å². The van der Waals surface area contributed by atoms with Crippen LogP contribution in [0.1, 0.15) is 25.0 Å². The number of furan rings is 1. The lowest BCUT2D eigenvalue weighted by molar-refractivity contribution is 0.660. The highest BCUT2D eigenvalue weighted by Gasteiger charge is 2.37. The lowest BCUT2D eigenvalue weighted by Crippen LogP contribution is -2.14. The quantitative estimate of drug-likeness (QED) is 0.142. The number of thiophene rings is 1. The molecule has 8 aromatic heterocycles. The van der Waals surface area contributed by atoms with E-state index in [2.05, 4.69) is 465 Å². The van der Waals surface area contributed by atoms with Crippen LogP contribution in [0.5, 0.6) is 0 Å². The summed E-state index contributed by atoms with van der Waals surface area (Å²) < 4.78 is 16.3. The molecule has 0 saturated carbocycles. The number of rotatable bonds is 9. The Hall–Kier alpha value is -18.2. The van der Waals surface area contributed by atoms with Gasteiger partial charge in [-0.3, -0.25) is 0 Å². The van der Waals surface area contributed by atoms with Crippen LogP contribution in [0.15, 0.2) is 460 Å². The molecule has 0 atom stereocenters. The van der Waals surface area contributed by atoms with Crippen molar-refractivity contribution in [1.82, 2.24) is 44.3 Å². The Morgan fingerprint density at radius 2 is 0.557 bits per heavy atom. The lowest BCUT2D eigenvalue weighted by atomic mass is 9.82. The fourth-order valence-electron chi connectivity index (χ4n) is 22.8. The van der Waals surface area contributed by atoms with E-state index in [-0.39, 0.29) is 5.41 Å². The monoisotopic (exact) mass is 1800 g/mol. The Morgan fingerprint density at radius 1 is 0.214 bits per heavy atom. The molecular formula is C129H81N9OS. The molecule has 21 aromatic carbocycles. The molecule has 1 aliphatic carbocycles. The van der Waals surface area contributed by atoms with Gasteiger partial charge in [0.15, 0.2) is 0 Å². The van der Waals surface area contributed by atoms with E-state index in [0.29, 0.717) is 0 Å². The fraction of sp³-hybridized carbons (Fsp3) is 0.0233. The first-order chi connectivity index (χ1) is 69.2. The number of para-hydroxylation sites is 2. The van der Waals surface area contributed by atoms with E-state index in [1.54, 1.807) is 0 Å². The van der Waals surface area contributed by atoms with E-state index < -0.39 is 0 Å². The Kier molecular flexibility index (Phi) is 18.4. The van der Waals surface area contributed by atoms with Crippen molar-refractivity contribution >= 4 is 183 Å². The smallest absolute Gasteiger partial charge is 0.143 e. The van der Waals surface area contributed by atoms with Crippen molar-refractivity contribution in [1.29, 1.82) is 0 Å². The van der Waals surface area contributed by atoms with Gasteiger partial charge in [0, 0.05) is 112 Å². The summed E-state index contributed by atoms with van der Waals surface area (Å²) in [6.45, 7) is 4.67. The summed E-state index contributed by atoms with van der Waals surface area (Å²) in [6, 6.07) is 151.